The largest absolute Gasteiger partial charge is 0.786 e. The highest BCUT2D eigenvalue weighted by Gasteiger charge is 2.28. The van der Waals surface area contributed by atoms with E-state index in [2.05, 4.69) is 4.52 Å². The summed E-state index contributed by atoms with van der Waals surface area (Å²) in [6, 6.07) is 0. The first kappa shape index (κ1) is 12.2. The highest BCUT2D eigenvalue weighted by molar-refractivity contribution is 7.37. The average Bonchev–Trinajstić information content (AvgIpc) is 2.08. The van der Waals surface area contributed by atoms with Crippen molar-refractivity contribution in [2.75, 3.05) is 26.4 Å². The van der Waals surface area contributed by atoms with Gasteiger partial charge in [0.15, 0.2) is 0 Å². The van der Waals surface area contributed by atoms with Crippen LogP contribution in [0.5, 0.6) is 0 Å². The molecule has 7 heteroatoms. The summed E-state index contributed by atoms with van der Waals surface area (Å²) in [4.78, 5) is 18.3. The summed E-state index contributed by atoms with van der Waals surface area (Å²) in [5.41, 5.74) is -1.24. The molecule has 0 fully saturated rings. The van der Waals surface area contributed by atoms with Crippen LogP contribution in [0.3, 0.4) is 0 Å². The summed E-state index contributed by atoms with van der Waals surface area (Å²) in [5, 5.41) is 26.1. The molecule has 0 aromatic carbocycles. The third kappa shape index (κ3) is 3.73. The van der Waals surface area contributed by atoms with Crippen LogP contribution in [0.2, 0.25) is 0 Å². The zero-order valence-corrected chi connectivity index (χ0v) is 7.28. The fourth-order valence-corrected chi connectivity index (χ4v) is 0.863. The molecule has 0 rings (SSSR count). The van der Waals surface area contributed by atoms with Gasteiger partial charge in [-0.05, 0) is 0 Å². The van der Waals surface area contributed by atoms with Gasteiger partial charge in [-0.3, -0.25) is 0 Å². The quantitative estimate of drug-likeness (QED) is 0.353. The molecule has 12 heavy (non-hydrogen) atoms. The molecule has 0 bridgehead atoms. The van der Waals surface area contributed by atoms with Crippen LogP contribution in [-0.4, -0.2) is 46.6 Å². The summed E-state index contributed by atoms with van der Waals surface area (Å²) in [6.45, 7) is -1.89. The minimum Gasteiger partial charge on any atom is -0.786 e. The summed E-state index contributed by atoms with van der Waals surface area (Å²) >= 11 is 0. The van der Waals surface area contributed by atoms with Crippen LogP contribution in [-0.2, 0) is 4.52 Å². The van der Waals surface area contributed by atoms with Crippen molar-refractivity contribution in [2.45, 2.75) is 0 Å². The molecule has 0 spiro atoms. The van der Waals surface area contributed by atoms with Crippen LogP contribution in [0.25, 0.3) is 0 Å². The first-order valence-electron chi connectivity index (χ1n) is 3.22. The Morgan fingerprint density at radius 2 is 1.58 bits per heavy atom. The van der Waals surface area contributed by atoms with E-state index in [1.807, 2.05) is 0 Å². The predicted octanol–water partition coefficient (Wildman–Crippen LogP) is -2.45. The van der Waals surface area contributed by atoms with Gasteiger partial charge in [-0.25, -0.2) is 0 Å². The minimum atomic E-state index is -2.77. The second-order valence-electron chi connectivity index (χ2n) is 2.49. The van der Waals surface area contributed by atoms with Crippen LogP contribution in [0.4, 0.5) is 0 Å². The second kappa shape index (κ2) is 5.77. The second-order valence-corrected chi connectivity index (χ2v) is 3.22. The van der Waals surface area contributed by atoms with Gasteiger partial charge < -0.3 is 29.6 Å². The Kier molecular flexibility index (Phi) is 5.86. The molecule has 0 saturated carbocycles. The number of aliphatic hydroxyl groups excluding tert-OH is 3. The topological polar surface area (TPSA) is 113 Å². The lowest BCUT2D eigenvalue weighted by molar-refractivity contribution is -0.203. The maximum Gasteiger partial charge on any atom is 0.0792 e. The Labute approximate surface area is 71.0 Å². The standard InChI is InChI=1S/C5H12O6P/c6-1-5(2-7,3-8)4-11-12(9)10/h6-9H,1-4H2/q-1. The van der Waals surface area contributed by atoms with Gasteiger partial charge in [-0.1, -0.05) is 0 Å². The molecule has 74 valence electrons. The molecule has 0 aliphatic heterocycles. The van der Waals surface area contributed by atoms with Gasteiger partial charge in [0.1, 0.15) is 0 Å². The predicted molar refractivity (Wildman–Crippen MR) is 38.8 cm³/mol. The highest BCUT2D eigenvalue weighted by atomic mass is 31.2. The third-order valence-electron chi connectivity index (χ3n) is 1.49. The number of aliphatic hydroxyl groups is 3. The third-order valence-corrected chi connectivity index (χ3v) is 1.84. The van der Waals surface area contributed by atoms with Gasteiger partial charge >= 0.3 is 0 Å². The number of rotatable bonds is 6. The van der Waals surface area contributed by atoms with Gasteiger partial charge in [0.25, 0.3) is 0 Å². The average molecular weight is 199 g/mol. The first-order chi connectivity index (χ1) is 5.60. The molecule has 0 saturated heterocycles. The Bertz CT molecular complexity index is 106. The van der Waals surface area contributed by atoms with E-state index in [9.17, 15) is 4.89 Å². The normalized spacial score (nSPS) is 14.8. The lowest BCUT2D eigenvalue weighted by Crippen LogP contribution is -2.38. The molecule has 0 radical (unpaired) electrons. The van der Waals surface area contributed by atoms with E-state index in [1.54, 1.807) is 0 Å². The molecule has 4 N–H and O–H groups in total. The highest BCUT2D eigenvalue weighted by Crippen LogP contribution is 2.25. The van der Waals surface area contributed by atoms with Crippen LogP contribution < -0.4 is 4.89 Å². The zero-order valence-electron chi connectivity index (χ0n) is 6.38. The monoisotopic (exact) mass is 199 g/mol. The van der Waals surface area contributed by atoms with E-state index in [4.69, 9.17) is 20.2 Å². The lowest BCUT2D eigenvalue weighted by Gasteiger charge is -2.29. The van der Waals surface area contributed by atoms with E-state index in [0.717, 1.165) is 0 Å². The Hall–Kier alpha value is 0.190. The van der Waals surface area contributed by atoms with Crippen molar-refractivity contribution in [2.24, 2.45) is 5.41 Å². The van der Waals surface area contributed by atoms with Crippen molar-refractivity contribution in [1.29, 1.82) is 0 Å². The van der Waals surface area contributed by atoms with Crippen molar-refractivity contribution in [1.82, 2.24) is 0 Å². The van der Waals surface area contributed by atoms with Crippen LogP contribution >= 0.6 is 8.60 Å². The summed E-state index contributed by atoms with van der Waals surface area (Å²) in [6.07, 6.45) is 0. The van der Waals surface area contributed by atoms with E-state index in [0.29, 0.717) is 0 Å². The number of hydrogen-bond acceptors (Lipinski definition) is 6. The molecule has 0 heterocycles. The van der Waals surface area contributed by atoms with E-state index in [-0.39, 0.29) is 6.61 Å². The van der Waals surface area contributed by atoms with Gasteiger partial charge in [0.05, 0.1) is 40.4 Å². The van der Waals surface area contributed by atoms with Crippen molar-refractivity contribution in [3.05, 3.63) is 0 Å². The van der Waals surface area contributed by atoms with Gasteiger partial charge in [0.2, 0.25) is 0 Å². The maximum atomic E-state index is 10.1. The van der Waals surface area contributed by atoms with Gasteiger partial charge in [-0.2, -0.15) is 0 Å². The molecule has 0 aromatic heterocycles. The maximum absolute atomic E-state index is 10.1. The molecule has 1 atom stereocenters. The van der Waals surface area contributed by atoms with Gasteiger partial charge in [-0.15, -0.1) is 0 Å². The molecule has 0 aromatic rings. The van der Waals surface area contributed by atoms with Crippen molar-refractivity contribution < 1.29 is 29.6 Å². The molecule has 0 aliphatic rings. The summed E-state index contributed by atoms with van der Waals surface area (Å²) < 4.78 is 4.26. The Morgan fingerprint density at radius 1 is 1.17 bits per heavy atom. The number of hydrogen-bond donors (Lipinski definition) is 4. The molecule has 0 amide bonds. The Morgan fingerprint density at radius 3 is 1.83 bits per heavy atom. The van der Waals surface area contributed by atoms with Crippen LogP contribution in [0.15, 0.2) is 0 Å². The van der Waals surface area contributed by atoms with E-state index in [1.165, 1.54) is 0 Å². The fourth-order valence-electron chi connectivity index (χ4n) is 0.479. The van der Waals surface area contributed by atoms with Crippen LogP contribution in [0.1, 0.15) is 0 Å². The van der Waals surface area contributed by atoms with E-state index >= 15 is 0 Å². The van der Waals surface area contributed by atoms with Crippen LogP contribution in [0, 0.1) is 5.41 Å². The SMILES string of the molecule is [O-]P(O)OCC(CO)(CO)CO. The van der Waals surface area contributed by atoms with Gasteiger partial charge in [0, 0.05) is 0 Å². The minimum absolute atomic E-state index is 0.359. The summed E-state index contributed by atoms with van der Waals surface area (Å²) in [7, 11) is -2.77. The Balaban J connectivity index is 3.93. The molecule has 1 unspecified atom stereocenters. The summed E-state index contributed by atoms with van der Waals surface area (Å²) in [5.74, 6) is 0. The zero-order chi connectivity index (χ0) is 9.61. The first-order valence-corrected chi connectivity index (χ1v) is 4.35. The van der Waals surface area contributed by atoms with Crippen molar-refractivity contribution >= 4 is 8.60 Å². The smallest absolute Gasteiger partial charge is 0.0792 e. The fraction of sp³-hybridized carbons (Fsp3) is 1.00. The van der Waals surface area contributed by atoms with Crippen molar-refractivity contribution in [3.8, 4) is 0 Å². The molecule has 0 aliphatic carbocycles. The lowest BCUT2D eigenvalue weighted by atomic mass is 9.93. The molecular formula is C5H12O6P-. The molecular weight excluding hydrogens is 187 g/mol. The van der Waals surface area contributed by atoms with E-state index < -0.39 is 33.8 Å². The van der Waals surface area contributed by atoms with Crippen molar-refractivity contribution in [3.63, 3.8) is 0 Å². The molecule has 6 nitrogen and oxygen atoms in total.